The van der Waals surface area contributed by atoms with Crippen LogP contribution < -0.4 is 15.2 Å². The predicted molar refractivity (Wildman–Crippen MR) is 46.2 cm³/mol. The van der Waals surface area contributed by atoms with Gasteiger partial charge < -0.3 is 15.2 Å². The summed E-state index contributed by atoms with van der Waals surface area (Å²) in [6.45, 7) is 0. The zero-order chi connectivity index (χ0) is 10.7. The average Bonchev–Trinajstić information content (AvgIpc) is 2.16. The Morgan fingerprint density at radius 2 is 1.79 bits per heavy atom. The summed E-state index contributed by atoms with van der Waals surface area (Å²) < 4.78 is 9.31. The number of hydrogen-bond acceptors (Lipinski definition) is 7. The number of anilines is 1. The average molecular weight is 200 g/mol. The quantitative estimate of drug-likeness (QED) is 0.538. The van der Waals surface area contributed by atoms with Crippen LogP contribution in [0.25, 0.3) is 0 Å². The molecule has 0 atom stereocenters. The molecule has 0 aliphatic carbocycles. The largest absolute Gasteiger partial charge is 0.478 e. The van der Waals surface area contributed by atoms with Gasteiger partial charge in [0, 0.05) is 0 Å². The molecule has 0 aromatic carbocycles. The standard InChI is InChI=1S/C6H8N4O4/c1-13-5-3(7)4(10(11)12)6(14-2)9-8-5/h1-2H3,(H2,7,9). The van der Waals surface area contributed by atoms with Gasteiger partial charge >= 0.3 is 11.6 Å². The second kappa shape index (κ2) is 3.73. The van der Waals surface area contributed by atoms with Crippen LogP contribution in [0.5, 0.6) is 11.8 Å². The summed E-state index contributed by atoms with van der Waals surface area (Å²) >= 11 is 0. The van der Waals surface area contributed by atoms with Crippen molar-refractivity contribution in [3.8, 4) is 11.8 Å². The van der Waals surface area contributed by atoms with Crippen molar-refractivity contribution in [1.82, 2.24) is 10.2 Å². The van der Waals surface area contributed by atoms with E-state index in [0.29, 0.717) is 0 Å². The van der Waals surface area contributed by atoms with E-state index in [1.165, 1.54) is 14.2 Å². The third-order valence-corrected chi connectivity index (χ3v) is 1.49. The Labute approximate surface area is 78.8 Å². The molecular formula is C6H8N4O4. The van der Waals surface area contributed by atoms with Gasteiger partial charge in [-0.3, -0.25) is 10.1 Å². The number of hydrogen-bond donors (Lipinski definition) is 1. The molecule has 0 fully saturated rings. The first-order valence-electron chi connectivity index (χ1n) is 3.50. The fourth-order valence-corrected chi connectivity index (χ4v) is 0.873. The number of aromatic nitrogens is 2. The predicted octanol–water partition coefficient (Wildman–Crippen LogP) is -0.0158. The minimum Gasteiger partial charge on any atom is -0.478 e. The SMILES string of the molecule is COc1nnc(OC)c([N+](=O)[O-])c1N. The molecule has 1 aromatic heterocycles. The van der Waals surface area contributed by atoms with Gasteiger partial charge in [-0.15, -0.1) is 10.2 Å². The molecule has 0 aliphatic rings. The van der Waals surface area contributed by atoms with E-state index in [4.69, 9.17) is 5.73 Å². The molecule has 0 saturated heterocycles. The van der Waals surface area contributed by atoms with Crippen molar-refractivity contribution in [2.24, 2.45) is 0 Å². The highest BCUT2D eigenvalue weighted by molar-refractivity contribution is 5.67. The van der Waals surface area contributed by atoms with Crippen LogP contribution in [0.15, 0.2) is 0 Å². The third-order valence-electron chi connectivity index (χ3n) is 1.49. The maximum absolute atomic E-state index is 10.6. The number of nitrogens with two attached hydrogens (primary N) is 1. The summed E-state index contributed by atoms with van der Waals surface area (Å²) in [5.74, 6) is -0.342. The fraction of sp³-hybridized carbons (Fsp3) is 0.333. The van der Waals surface area contributed by atoms with Crippen molar-refractivity contribution in [3.63, 3.8) is 0 Å². The van der Waals surface area contributed by atoms with Crippen molar-refractivity contribution in [2.75, 3.05) is 20.0 Å². The molecule has 0 bridgehead atoms. The molecule has 14 heavy (non-hydrogen) atoms. The van der Waals surface area contributed by atoms with Gasteiger partial charge in [-0.25, -0.2) is 0 Å². The Balaban J connectivity index is 3.39. The van der Waals surface area contributed by atoms with Crippen molar-refractivity contribution in [2.45, 2.75) is 0 Å². The molecule has 0 amide bonds. The molecule has 8 nitrogen and oxygen atoms in total. The first kappa shape index (κ1) is 9.96. The van der Waals surface area contributed by atoms with Crippen LogP contribution in [0, 0.1) is 10.1 Å². The lowest BCUT2D eigenvalue weighted by molar-refractivity contribution is -0.385. The van der Waals surface area contributed by atoms with Gasteiger partial charge in [0.25, 0.3) is 5.88 Å². The van der Waals surface area contributed by atoms with Crippen molar-refractivity contribution < 1.29 is 14.4 Å². The Hall–Kier alpha value is -2.12. The molecule has 0 saturated carbocycles. The third kappa shape index (κ3) is 1.49. The Bertz CT molecular complexity index is 367. The van der Waals surface area contributed by atoms with E-state index in [-0.39, 0.29) is 17.4 Å². The van der Waals surface area contributed by atoms with E-state index in [1.807, 2.05) is 0 Å². The number of nitrogens with zero attached hydrogens (tertiary/aromatic N) is 3. The molecule has 2 N–H and O–H groups in total. The van der Waals surface area contributed by atoms with Crippen LogP contribution in [-0.2, 0) is 0 Å². The highest BCUT2D eigenvalue weighted by Gasteiger charge is 2.25. The van der Waals surface area contributed by atoms with Gasteiger partial charge in [-0.05, 0) is 0 Å². The van der Waals surface area contributed by atoms with Crippen LogP contribution in [0.2, 0.25) is 0 Å². The minimum atomic E-state index is -0.703. The normalized spacial score (nSPS) is 9.57. The van der Waals surface area contributed by atoms with Gasteiger partial charge in [0.15, 0.2) is 5.69 Å². The highest BCUT2D eigenvalue weighted by atomic mass is 16.6. The molecule has 1 heterocycles. The summed E-state index contributed by atoms with van der Waals surface area (Å²) in [6, 6.07) is 0. The molecule has 0 unspecified atom stereocenters. The van der Waals surface area contributed by atoms with Crippen molar-refractivity contribution >= 4 is 11.4 Å². The smallest absolute Gasteiger partial charge is 0.360 e. The maximum Gasteiger partial charge on any atom is 0.360 e. The van der Waals surface area contributed by atoms with Crippen LogP contribution in [-0.4, -0.2) is 29.3 Å². The number of nitrogen functional groups attached to an aromatic ring is 1. The monoisotopic (exact) mass is 200 g/mol. The summed E-state index contributed by atoms with van der Waals surface area (Å²) in [4.78, 5) is 9.89. The van der Waals surface area contributed by atoms with Crippen LogP contribution in [0.1, 0.15) is 0 Å². The van der Waals surface area contributed by atoms with E-state index >= 15 is 0 Å². The maximum atomic E-state index is 10.6. The highest BCUT2D eigenvalue weighted by Crippen LogP contribution is 2.35. The molecule has 0 radical (unpaired) electrons. The second-order valence-electron chi connectivity index (χ2n) is 2.24. The van der Waals surface area contributed by atoms with E-state index < -0.39 is 10.6 Å². The first-order chi connectivity index (χ1) is 6.61. The number of nitro groups is 1. The lowest BCUT2D eigenvalue weighted by atomic mass is 10.4. The summed E-state index contributed by atoms with van der Waals surface area (Å²) in [6.07, 6.45) is 0. The Kier molecular flexibility index (Phi) is 2.65. The lowest BCUT2D eigenvalue weighted by Crippen LogP contribution is -2.05. The van der Waals surface area contributed by atoms with Gasteiger partial charge in [-0.2, -0.15) is 0 Å². The number of methoxy groups -OCH3 is 2. The lowest BCUT2D eigenvalue weighted by Gasteiger charge is -2.04. The Morgan fingerprint density at radius 1 is 1.29 bits per heavy atom. The molecular weight excluding hydrogens is 192 g/mol. The van der Waals surface area contributed by atoms with Crippen molar-refractivity contribution in [1.29, 1.82) is 0 Å². The molecule has 0 aliphatic heterocycles. The topological polar surface area (TPSA) is 113 Å². The molecule has 8 heteroatoms. The van der Waals surface area contributed by atoms with Gasteiger partial charge in [-0.1, -0.05) is 0 Å². The summed E-state index contributed by atoms with van der Waals surface area (Å²) in [7, 11) is 2.53. The van der Waals surface area contributed by atoms with E-state index in [0.717, 1.165) is 0 Å². The molecule has 76 valence electrons. The zero-order valence-electron chi connectivity index (χ0n) is 7.55. The number of rotatable bonds is 3. The van der Waals surface area contributed by atoms with E-state index in [2.05, 4.69) is 19.7 Å². The zero-order valence-corrected chi connectivity index (χ0v) is 7.55. The minimum absolute atomic E-state index is 0.0995. The van der Waals surface area contributed by atoms with Gasteiger partial charge in [0.2, 0.25) is 0 Å². The van der Waals surface area contributed by atoms with Crippen LogP contribution in [0.3, 0.4) is 0 Å². The molecule has 1 aromatic rings. The summed E-state index contributed by atoms with van der Waals surface area (Å²) in [5, 5.41) is 17.5. The summed E-state index contributed by atoms with van der Waals surface area (Å²) in [5.41, 5.74) is 4.77. The number of ether oxygens (including phenoxy) is 2. The van der Waals surface area contributed by atoms with E-state index in [1.54, 1.807) is 0 Å². The van der Waals surface area contributed by atoms with Crippen LogP contribution >= 0.6 is 0 Å². The fourth-order valence-electron chi connectivity index (χ4n) is 0.873. The van der Waals surface area contributed by atoms with Gasteiger partial charge in [0.05, 0.1) is 19.1 Å². The molecule has 0 spiro atoms. The first-order valence-corrected chi connectivity index (χ1v) is 3.50. The van der Waals surface area contributed by atoms with E-state index in [9.17, 15) is 10.1 Å². The van der Waals surface area contributed by atoms with Gasteiger partial charge in [0.1, 0.15) is 0 Å². The van der Waals surface area contributed by atoms with Crippen molar-refractivity contribution in [3.05, 3.63) is 10.1 Å². The van der Waals surface area contributed by atoms with Crippen LogP contribution in [0.4, 0.5) is 11.4 Å². The Morgan fingerprint density at radius 3 is 2.21 bits per heavy atom. The molecule has 1 rings (SSSR count). The second-order valence-corrected chi connectivity index (χ2v) is 2.24.